The Morgan fingerprint density at radius 1 is 1.36 bits per heavy atom. The number of carbonyl (C=O) groups excluding carboxylic acids is 2. The number of fused-ring (bicyclic) bond motifs is 2. The number of ether oxygens (including phenoxy) is 1. The van der Waals surface area contributed by atoms with Crippen molar-refractivity contribution in [3.63, 3.8) is 0 Å². The fourth-order valence-corrected chi connectivity index (χ4v) is 2.99. The molecule has 126 valence electrons. The number of pyridine rings is 1. The molecule has 1 atom stereocenters. The summed E-state index contributed by atoms with van der Waals surface area (Å²) in [5, 5.41) is 2.80. The second kappa shape index (κ2) is 6.05. The Bertz CT molecular complexity index is 977. The molecule has 0 saturated heterocycles. The van der Waals surface area contributed by atoms with Gasteiger partial charge in [-0.2, -0.15) is 0 Å². The maximum absolute atomic E-state index is 12.4. The summed E-state index contributed by atoms with van der Waals surface area (Å²) in [5.74, 6) is -0.763. The third-order valence-corrected chi connectivity index (χ3v) is 4.29. The Morgan fingerprint density at radius 2 is 2.20 bits per heavy atom. The molecule has 0 fully saturated rings. The number of imidazole rings is 1. The molecule has 3 heterocycles. The molecule has 0 aliphatic carbocycles. The van der Waals surface area contributed by atoms with Crippen LogP contribution < -0.4 is 5.32 Å². The lowest BCUT2D eigenvalue weighted by Crippen LogP contribution is -2.41. The highest BCUT2D eigenvalue weighted by atomic mass is 16.5. The van der Waals surface area contributed by atoms with E-state index in [-0.39, 0.29) is 12.5 Å². The second-order valence-corrected chi connectivity index (χ2v) is 6.17. The van der Waals surface area contributed by atoms with Crippen molar-refractivity contribution in [3.05, 3.63) is 71.2 Å². The van der Waals surface area contributed by atoms with Gasteiger partial charge >= 0.3 is 5.97 Å². The van der Waals surface area contributed by atoms with Crippen LogP contribution in [0.1, 0.15) is 27.2 Å². The number of aryl methyl sites for hydroxylation is 1. The lowest BCUT2D eigenvalue weighted by Gasteiger charge is -2.23. The van der Waals surface area contributed by atoms with E-state index in [0.717, 1.165) is 22.5 Å². The van der Waals surface area contributed by atoms with Gasteiger partial charge in [-0.05, 0) is 36.2 Å². The van der Waals surface area contributed by atoms with Crippen LogP contribution in [0.3, 0.4) is 0 Å². The number of nitrogens with zero attached hydrogens (tertiary/aromatic N) is 2. The number of cyclic esters (lactones) is 1. The summed E-state index contributed by atoms with van der Waals surface area (Å²) in [4.78, 5) is 28.9. The van der Waals surface area contributed by atoms with E-state index in [1.807, 2.05) is 48.0 Å². The third kappa shape index (κ3) is 2.98. The summed E-state index contributed by atoms with van der Waals surface area (Å²) in [5.41, 5.74) is 4.08. The quantitative estimate of drug-likeness (QED) is 0.744. The van der Waals surface area contributed by atoms with Gasteiger partial charge in [0.15, 0.2) is 6.10 Å². The molecule has 25 heavy (non-hydrogen) atoms. The van der Waals surface area contributed by atoms with Crippen LogP contribution in [0.15, 0.2) is 48.8 Å². The standard InChI is InChI=1S/C19H17N3O3/c1-12-6-7-22-11-14(21-17(22)8-12)10-20-18(23)16-9-13-4-2-3-5-15(13)19(24)25-16/h2-8,11,16H,9-10H2,1H3,(H,20,23)/t16-/m1/s1. The van der Waals surface area contributed by atoms with Gasteiger partial charge in [-0.15, -0.1) is 0 Å². The molecule has 0 saturated carbocycles. The molecule has 2 aromatic heterocycles. The zero-order valence-corrected chi connectivity index (χ0v) is 13.7. The SMILES string of the molecule is Cc1ccn2cc(CNC(=O)[C@H]3Cc4ccccc4C(=O)O3)nc2c1. The molecular formula is C19H17N3O3. The van der Waals surface area contributed by atoms with Crippen molar-refractivity contribution < 1.29 is 14.3 Å². The molecule has 0 bridgehead atoms. The van der Waals surface area contributed by atoms with Gasteiger partial charge in [-0.3, -0.25) is 4.79 Å². The van der Waals surface area contributed by atoms with Gasteiger partial charge in [-0.1, -0.05) is 18.2 Å². The summed E-state index contributed by atoms with van der Waals surface area (Å²) < 4.78 is 7.17. The molecule has 1 amide bonds. The first-order chi connectivity index (χ1) is 12.1. The fraction of sp³-hybridized carbons (Fsp3) is 0.211. The van der Waals surface area contributed by atoms with Crippen LogP contribution in [0.2, 0.25) is 0 Å². The van der Waals surface area contributed by atoms with Gasteiger partial charge in [0.1, 0.15) is 5.65 Å². The maximum Gasteiger partial charge on any atom is 0.339 e. The van der Waals surface area contributed by atoms with Gasteiger partial charge in [-0.25, -0.2) is 9.78 Å². The first kappa shape index (κ1) is 15.4. The van der Waals surface area contributed by atoms with Crippen molar-refractivity contribution in [2.45, 2.75) is 26.0 Å². The summed E-state index contributed by atoms with van der Waals surface area (Å²) >= 11 is 0. The highest BCUT2D eigenvalue weighted by molar-refractivity contribution is 5.95. The molecule has 1 aromatic carbocycles. The van der Waals surface area contributed by atoms with Crippen LogP contribution in [-0.2, 0) is 22.5 Å². The number of amides is 1. The van der Waals surface area contributed by atoms with Crippen molar-refractivity contribution in [2.75, 3.05) is 0 Å². The number of aromatic nitrogens is 2. The smallest absolute Gasteiger partial charge is 0.339 e. The van der Waals surface area contributed by atoms with Crippen LogP contribution in [0.25, 0.3) is 5.65 Å². The Balaban J connectivity index is 1.44. The van der Waals surface area contributed by atoms with Gasteiger partial charge in [0.2, 0.25) is 0 Å². The molecule has 1 N–H and O–H groups in total. The summed E-state index contributed by atoms with van der Waals surface area (Å²) in [6.45, 7) is 2.29. The molecule has 0 unspecified atom stereocenters. The molecule has 1 aliphatic rings. The molecule has 0 spiro atoms. The van der Waals surface area contributed by atoms with Crippen molar-refractivity contribution in [2.24, 2.45) is 0 Å². The minimum absolute atomic E-state index is 0.287. The van der Waals surface area contributed by atoms with E-state index in [9.17, 15) is 9.59 Å². The van der Waals surface area contributed by atoms with Gasteiger partial charge in [0.25, 0.3) is 5.91 Å². The van der Waals surface area contributed by atoms with Crippen molar-refractivity contribution in [1.29, 1.82) is 0 Å². The second-order valence-electron chi connectivity index (χ2n) is 6.17. The minimum atomic E-state index is -0.804. The van der Waals surface area contributed by atoms with Crippen LogP contribution in [-0.4, -0.2) is 27.4 Å². The molecule has 1 aliphatic heterocycles. The van der Waals surface area contributed by atoms with Gasteiger partial charge in [0, 0.05) is 18.8 Å². The lowest BCUT2D eigenvalue weighted by molar-refractivity contribution is -0.130. The predicted molar refractivity (Wildman–Crippen MR) is 91.1 cm³/mol. The van der Waals surface area contributed by atoms with Crippen LogP contribution >= 0.6 is 0 Å². The number of hydrogen-bond acceptors (Lipinski definition) is 4. The number of esters is 1. The van der Waals surface area contributed by atoms with E-state index in [4.69, 9.17) is 4.74 Å². The average Bonchev–Trinajstić information content (AvgIpc) is 3.01. The largest absolute Gasteiger partial charge is 0.448 e. The van der Waals surface area contributed by atoms with Crippen molar-refractivity contribution in [1.82, 2.24) is 14.7 Å². The van der Waals surface area contributed by atoms with E-state index in [1.54, 1.807) is 12.1 Å². The fourth-order valence-electron chi connectivity index (χ4n) is 2.99. The Labute approximate surface area is 144 Å². The third-order valence-electron chi connectivity index (χ3n) is 4.29. The summed E-state index contributed by atoms with van der Waals surface area (Å²) in [6, 6.07) is 11.2. The topological polar surface area (TPSA) is 72.7 Å². The summed E-state index contributed by atoms with van der Waals surface area (Å²) in [7, 11) is 0. The highest BCUT2D eigenvalue weighted by Crippen LogP contribution is 2.20. The summed E-state index contributed by atoms with van der Waals surface area (Å²) in [6.07, 6.45) is 3.39. The first-order valence-corrected chi connectivity index (χ1v) is 8.11. The van der Waals surface area contributed by atoms with Gasteiger partial charge in [0.05, 0.1) is 17.8 Å². The van der Waals surface area contributed by atoms with E-state index >= 15 is 0 Å². The minimum Gasteiger partial charge on any atom is -0.448 e. The normalized spacial score (nSPS) is 16.4. The van der Waals surface area contributed by atoms with Crippen LogP contribution in [0.4, 0.5) is 0 Å². The van der Waals surface area contributed by atoms with Crippen molar-refractivity contribution >= 4 is 17.5 Å². The lowest BCUT2D eigenvalue weighted by atomic mass is 9.98. The number of rotatable bonds is 3. The number of nitrogens with one attached hydrogen (secondary N) is 1. The monoisotopic (exact) mass is 335 g/mol. The van der Waals surface area contributed by atoms with Gasteiger partial charge < -0.3 is 14.5 Å². The molecule has 3 aromatic rings. The average molecular weight is 335 g/mol. The molecule has 4 rings (SSSR count). The van der Waals surface area contributed by atoms with E-state index < -0.39 is 12.1 Å². The van der Waals surface area contributed by atoms with E-state index in [0.29, 0.717) is 12.0 Å². The van der Waals surface area contributed by atoms with Crippen LogP contribution in [0, 0.1) is 6.92 Å². The van der Waals surface area contributed by atoms with Crippen LogP contribution in [0.5, 0.6) is 0 Å². The maximum atomic E-state index is 12.4. The number of carbonyl (C=O) groups is 2. The zero-order valence-electron chi connectivity index (χ0n) is 13.7. The highest BCUT2D eigenvalue weighted by Gasteiger charge is 2.30. The predicted octanol–water partition coefficient (Wildman–Crippen LogP) is 2.04. The van der Waals surface area contributed by atoms with Crippen molar-refractivity contribution in [3.8, 4) is 0 Å². The first-order valence-electron chi connectivity index (χ1n) is 8.11. The molecular weight excluding hydrogens is 318 g/mol. The van der Waals surface area contributed by atoms with E-state index in [1.165, 1.54) is 0 Å². The Hall–Kier alpha value is -3.15. The number of benzene rings is 1. The zero-order chi connectivity index (χ0) is 17.4. The molecule has 6 heteroatoms. The Morgan fingerprint density at radius 3 is 3.08 bits per heavy atom. The number of hydrogen-bond donors (Lipinski definition) is 1. The molecule has 6 nitrogen and oxygen atoms in total. The Kier molecular flexibility index (Phi) is 3.72. The molecule has 0 radical (unpaired) electrons. The van der Waals surface area contributed by atoms with E-state index in [2.05, 4.69) is 10.3 Å².